The maximum absolute atomic E-state index is 14.3. The van der Waals surface area contributed by atoms with Crippen LogP contribution >= 0.6 is 0 Å². The number of fused-ring (bicyclic) bond motifs is 3. The largest absolute Gasteiger partial charge is 0.508 e. The number of Topliss-reactive ketones (excluding diaryl/α,β-unsaturated/α-hetero) is 2. The number of ketones is 4. The zero-order valence-corrected chi connectivity index (χ0v) is 24.1. The number of hydrogen-bond donors (Lipinski definition) is 7. The summed E-state index contributed by atoms with van der Waals surface area (Å²) in [7, 11) is 2.32. The second kappa shape index (κ2) is 9.71. The molecule has 3 aromatic rings. The predicted octanol–water partition coefficient (Wildman–Crippen LogP) is 1.09. The molecule has 4 atom stereocenters. The standard InChI is InChI=1S/C32H26O13/c1-9-5-10-11(6-12(9)33)25(36)17-13(34)7-15(44-3)19(21(17)26(10)37)20-16(45-4)8-14(35)18-22(20)28(39)24-23(27(18)38)29(40)31(42)32(2,43)30(24)41/h5-8,29-31,33-35,40-43H,1-4H3/t29-,30+,31-,32+/m0/s1. The Morgan fingerprint density at radius 1 is 0.622 bits per heavy atom. The first kappa shape index (κ1) is 30.0. The van der Waals surface area contributed by atoms with Gasteiger partial charge in [0.05, 0.1) is 25.3 Å². The van der Waals surface area contributed by atoms with E-state index < -0.39 is 91.9 Å². The molecule has 45 heavy (non-hydrogen) atoms. The molecule has 0 spiro atoms. The molecule has 3 aromatic carbocycles. The third-order valence-electron chi connectivity index (χ3n) is 8.76. The van der Waals surface area contributed by atoms with Crippen LogP contribution in [0.4, 0.5) is 0 Å². The fourth-order valence-electron chi connectivity index (χ4n) is 6.37. The highest BCUT2D eigenvalue weighted by atomic mass is 16.5. The number of phenols is 3. The van der Waals surface area contributed by atoms with Crippen molar-refractivity contribution >= 4 is 23.1 Å². The number of methoxy groups -OCH3 is 2. The van der Waals surface area contributed by atoms with E-state index in [0.717, 1.165) is 32.2 Å². The van der Waals surface area contributed by atoms with Crippen molar-refractivity contribution in [2.45, 2.75) is 37.8 Å². The van der Waals surface area contributed by atoms with E-state index >= 15 is 0 Å². The predicted molar refractivity (Wildman–Crippen MR) is 152 cm³/mol. The lowest BCUT2D eigenvalue weighted by molar-refractivity contribution is -0.158. The lowest BCUT2D eigenvalue weighted by Crippen LogP contribution is -2.61. The first-order valence-electron chi connectivity index (χ1n) is 13.5. The number of aliphatic hydroxyl groups is 4. The minimum absolute atomic E-state index is 0.147. The first-order chi connectivity index (χ1) is 21.1. The molecule has 0 bridgehead atoms. The summed E-state index contributed by atoms with van der Waals surface area (Å²) in [5.74, 6) is -6.34. The molecule has 0 unspecified atom stereocenters. The van der Waals surface area contributed by atoms with Crippen LogP contribution in [0.5, 0.6) is 28.7 Å². The van der Waals surface area contributed by atoms with Crippen LogP contribution in [0.25, 0.3) is 11.1 Å². The van der Waals surface area contributed by atoms with Crippen LogP contribution in [-0.4, -0.2) is 97.0 Å². The minimum Gasteiger partial charge on any atom is -0.508 e. The van der Waals surface area contributed by atoms with Gasteiger partial charge in [0, 0.05) is 56.7 Å². The summed E-state index contributed by atoms with van der Waals surface area (Å²) in [6.07, 6.45) is -6.43. The van der Waals surface area contributed by atoms with Crippen LogP contribution in [0, 0.1) is 6.92 Å². The van der Waals surface area contributed by atoms with E-state index in [1.165, 1.54) is 20.1 Å². The van der Waals surface area contributed by atoms with Crippen molar-refractivity contribution < 1.29 is 64.4 Å². The zero-order chi connectivity index (χ0) is 33.0. The molecule has 0 saturated carbocycles. The Bertz CT molecular complexity index is 1970. The Kier molecular flexibility index (Phi) is 6.47. The maximum atomic E-state index is 14.3. The van der Waals surface area contributed by atoms with Crippen molar-refractivity contribution in [3.8, 4) is 39.9 Å². The van der Waals surface area contributed by atoms with Gasteiger partial charge in [-0.3, -0.25) is 19.2 Å². The average Bonchev–Trinajstić information content (AvgIpc) is 2.99. The van der Waals surface area contributed by atoms with Gasteiger partial charge in [-0.15, -0.1) is 0 Å². The fourth-order valence-corrected chi connectivity index (χ4v) is 6.37. The van der Waals surface area contributed by atoms with Gasteiger partial charge in [0.25, 0.3) is 0 Å². The van der Waals surface area contributed by atoms with Crippen molar-refractivity contribution in [2.75, 3.05) is 14.2 Å². The van der Waals surface area contributed by atoms with Gasteiger partial charge in [0.2, 0.25) is 0 Å². The summed E-state index contributed by atoms with van der Waals surface area (Å²) < 4.78 is 11.0. The summed E-state index contributed by atoms with van der Waals surface area (Å²) in [5, 5.41) is 75.3. The highest BCUT2D eigenvalue weighted by Gasteiger charge is 2.56. The Morgan fingerprint density at radius 3 is 1.60 bits per heavy atom. The molecule has 7 N–H and O–H groups in total. The molecule has 0 heterocycles. The van der Waals surface area contributed by atoms with Crippen LogP contribution in [0.2, 0.25) is 0 Å². The summed E-state index contributed by atoms with van der Waals surface area (Å²) in [6, 6.07) is 4.31. The average molecular weight is 619 g/mol. The topological polar surface area (TPSA) is 228 Å². The van der Waals surface area contributed by atoms with Crippen molar-refractivity contribution in [3.05, 3.63) is 74.4 Å². The van der Waals surface area contributed by atoms with Crippen molar-refractivity contribution in [3.63, 3.8) is 0 Å². The molecule has 0 fully saturated rings. The van der Waals surface area contributed by atoms with Crippen LogP contribution in [0.1, 0.15) is 65.0 Å². The van der Waals surface area contributed by atoms with Crippen LogP contribution < -0.4 is 9.47 Å². The van der Waals surface area contributed by atoms with Gasteiger partial charge < -0.3 is 45.2 Å². The van der Waals surface area contributed by atoms with Gasteiger partial charge in [0.15, 0.2) is 23.1 Å². The van der Waals surface area contributed by atoms with E-state index in [0.29, 0.717) is 0 Å². The molecule has 3 aliphatic carbocycles. The SMILES string of the molecule is COc1cc(O)c2c(c1-c1c(OC)cc(O)c3c1C(=O)c1cc(C)c(O)cc1C3=O)C(=O)C1=C(C2=O)[C@H](O)[C@H](O)[C@](C)(O)[C@@H]1O. The number of aryl methyl sites for hydroxylation is 1. The molecule has 13 nitrogen and oxygen atoms in total. The molecular formula is C32H26O13. The van der Waals surface area contributed by atoms with Crippen molar-refractivity contribution in [1.82, 2.24) is 0 Å². The van der Waals surface area contributed by atoms with Gasteiger partial charge in [0.1, 0.15) is 52.7 Å². The lowest BCUT2D eigenvalue weighted by atomic mass is 9.67. The number of carbonyl (C=O) groups is 4. The minimum atomic E-state index is -2.50. The number of carbonyl (C=O) groups excluding carboxylic acids is 4. The van der Waals surface area contributed by atoms with E-state index in [-0.39, 0.29) is 45.1 Å². The second-order valence-electron chi connectivity index (χ2n) is 11.3. The van der Waals surface area contributed by atoms with Crippen LogP contribution in [0.15, 0.2) is 35.4 Å². The normalized spacial score (nSPS) is 23.8. The monoisotopic (exact) mass is 618 g/mol. The molecule has 0 saturated heterocycles. The number of rotatable bonds is 3. The molecule has 0 aliphatic heterocycles. The second-order valence-corrected chi connectivity index (χ2v) is 11.3. The lowest BCUT2D eigenvalue weighted by Gasteiger charge is -2.44. The number of benzene rings is 3. The number of hydrogen-bond acceptors (Lipinski definition) is 13. The van der Waals surface area contributed by atoms with Crippen molar-refractivity contribution in [1.29, 1.82) is 0 Å². The van der Waals surface area contributed by atoms with Crippen molar-refractivity contribution in [2.24, 2.45) is 0 Å². The quantitative estimate of drug-likeness (QED) is 0.171. The number of ether oxygens (including phenoxy) is 2. The van der Waals surface area contributed by atoms with E-state index in [2.05, 4.69) is 0 Å². The first-order valence-corrected chi connectivity index (χ1v) is 13.5. The Labute approximate surface area is 253 Å². The third-order valence-corrected chi connectivity index (χ3v) is 8.76. The van der Waals surface area contributed by atoms with Gasteiger partial charge in [-0.1, -0.05) is 0 Å². The molecule has 232 valence electrons. The number of phenolic OH excluding ortho intramolecular Hbond substituents is 3. The summed E-state index contributed by atoms with van der Waals surface area (Å²) in [5.41, 5.74) is -7.04. The van der Waals surface area contributed by atoms with Crippen LogP contribution in [0.3, 0.4) is 0 Å². The molecule has 0 amide bonds. The molecule has 0 aromatic heterocycles. The number of aliphatic hydroxyl groups excluding tert-OH is 3. The highest BCUT2D eigenvalue weighted by molar-refractivity contribution is 6.35. The molecule has 3 aliphatic rings. The van der Waals surface area contributed by atoms with E-state index in [1.54, 1.807) is 0 Å². The van der Waals surface area contributed by atoms with Gasteiger partial charge in [-0.2, -0.15) is 0 Å². The molecule has 0 radical (unpaired) electrons. The van der Waals surface area contributed by atoms with E-state index in [4.69, 9.17) is 9.47 Å². The van der Waals surface area contributed by atoms with E-state index in [1.807, 2.05) is 0 Å². The molecule has 6 rings (SSSR count). The molecular weight excluding hydrogens is 592 g/mol. The summed E-state index contributed by atoms with van der Waals surface area (Å²) >= 11 is 0. The number of aromatic hydroxyl groups is 3. The zero-order valence-electron chi connectivity index (χ0n) is 24.1. The summed E-state index contributed by atoms with van der Waals surface area (Å²) in [6.45, 7) is 2.45. The third kappa shape index (κ3) is 3.75. The summed E-state index contributed by atoms with van der Waals surface area (Å²) in [4.78, 5) is 56.1. The smallest absolute Gasteiger partial charge is 0.198 e. The maximum Gasteiger partial charge on any atom is 0.198 e. The van der Waals surface area contributed by atoms with Crippen LogP contribution in [-0.2, 0) is 0 Å². The van der Waals surface area contributed by atoms with Gasteiger partial charge >= 0.3 is 0 Å². The Morgan fingerprint density at radius 2 is 1.07 bits per heavy atom. The van der Waals surface area contributed by atoms with E-state index in [9.17, 15) is 54.9 Å². The fraction of sp³-hybridized carbons (Fsp3) is 0.250. The Hall–Kier alpha value is -5.08. The van der Waals surface area contributed by atoms with Gasteiger partial charge in [-0.05, 0) is 31.5 Å². The highest BCUT2D eigenvalue weighted by Crippen LogP contribution is 2.53. The molecule has 13 heteroatoms. The van der Waals surface area contributed by atoms with Gasteiger partial charge in [-0.25, -0.2) is 0 Å². The Balaban J connectivity index is 1.75.